The van der Waals surface area contributed by atoms with Crippen molar-refractivity contribution in [2.75, 3.05) is 5.73 Å². The number of nitrogens with zero attached hydrogens (tertiary/aromatic N) is 2. The summed E-state index contributed by atoms with van der Waals surface area (Å²) in [6.07, 6.45) is 1.64. The van der Waals surface area contributed by atoms with Crippen molar-refractivity contribution in [3.05, 3.63) is 87.7 Å². The molecule has 0 spiro atoms. The first-order chi connectivity index (χ1) is 13.5. The Balaban J connectivity index is 1.73. The van der Waals surface area contributed by atoms with Crippen LogP contribution in [-0.2, 0) is 6.42 Å². The number of hydrogen-bond acceptors (Lipinski definition) is 6. The van der Waals surface area contributed by atoms with Crippen molar-refractivity contribution in [3.8, 4) is 11.6 Å². The SMILES string of the molecule is Cc1c(Cc2cccc(N)c2F)c(=O)oc2cc(Oc3cccnn3)ccc12. The number of rotatable bonds is 4. The first kappa shape index (κ1) is 17.7. The van der Waals surface area contributed by atoms with E-state index in [1.54, 1.807) is 48.7 Å². The normalized spacial score (nSPS) is 10.9. The highest BCUT2D eigenvalue weighted by Crippen LogP contribution is 2.28. The van der Waals surface area contributed by atoms with E-state index >= 15 is 0 Å². The Kier molecular flexibility index (Phi) is 4.49. The van der Waals surface area contributed by atoms with Crippen LogP contribution in [0.15, 0.2) is 63.9 Å². The molecule has 2 N–H and O–H groups in total. The Labute approximate surface area is 159 Å². The minimum atomic E-state index is -0.525. The first-order valence-electron chi connectivity index (χ1n) is 8.57. The number of aryl methyl sites for hydroxylation is 1. The lowest BCUT2D eigenvalue weighted by Crippen LogP contribution is -2.12. The highest BCUT2D eigenvalue weighted by atomic mass is 19.1. The van der Waals surface area contributed by atoms with Crippen molar-refractivity contribution in [3.63, 3.8) is 0 Å². The topological polar surface area (TPSA) is 91.2 Å². The van der Waals surface area contributed by atoms with Crippen LogP contribution >= 0.6 is 0 Å². The summed E-state index contributed by atoms with van der Waals surface area (Å²) in [6.45, 7) is 1.81. The summed E-state index contributed by atoms with van der Waals surface area (Å²) >= 11 is 0. The Morgan fingerprint density at radius 1 is 1.18 bits per heavy atom. The second-order valence-electron chi connectivity index (χ2n) is 6.31. The number of nitrogen functional groups attached to an aromatic ring is 1. The monoisotopic (exact) mass is 377 g/mol. The van der Waals surface area contributed by atoms with Crippen molar-refractivity contribution >= 4 is 16.7 Å². The molecular formula is C21H16FN3O3. The van der Waals surface area contributed by atoms with Gasteiger partial charge >= 0.3 is 5.63 Å². The molecule has 7 heteroatoms. The molecule has 4 aromatic rings. The van der Waals surface area contributed by atoms with Crippen molar-refractivity contribution < 1.29 is 13.5 Å². The lowest BCUT2D eigenvalue weighted by molar-refractivity contribution is 0.453. The van der Waals surface area contributed by atoms with Crippen LogP contribution in [0.5, 0.6) is 11.6 Å². The number of benzene rings is 2. The van der Waals surface area contributed by atoms with E-state index in [0.29, 0.717) is 28.3 Å². The average Bonchev–Trinajstić information content (AvgIpc) is 2.69. The lowest BCUT2D eigenvalue weighted by Gasteiger charge is -2.10. The number of aromatic nitrogens is 2. The Morgan fingerprint density at radius 3 is 2.82 bits per heavy atom. The van der Waals surface area contributed by atoms with Gasteiger partial charge in [-0.3, -0.25) is 0 Å². The molecule has 0 radical (unpaired) electrons. The van der Waals surface area contributed by atoms with Crippen molar-refractivity contribution in [2.24, 2.45) is 0 Å². The Morgan fingerprint density at radius 2 is 2.04 bits per heavy atom. The molecule has 0 bridgehead atoms. The number of fused-ring (bicyclic) bond motifs is 1. The smallest absolute Gasteiger partial charge is 0.340 e. The number of hydrogen-bond donors (Lipinski definition) is 1. The van der Waals surface area contributed by atoms with Gasteiger partial charge in [0.2, 0.25) is 5.88 Å². The number of halogens is 1. The standard InChI is InChI=1S/C21H16FN3O3/c1-12-15-8-7-14(27-19-6-3-9-24-25-19)11-18(15)28-21(26)16(12)10-13-4-2-5-17(23)20(13)22/h2-9,11H,10,23H2,1H3. The van der Waals surface area contributed by atoms with Crippen LogP contribution in [-0.4, -0.2) is 10.2 Å². The molecule has 0 amide bonds. The van der Waals surface area contributed by atoms with E-state index < -0.39 is 11.4 Å². The highest BCUT2D eigenvalue weighted by molar-refractivity contribution is 5.82. The summed E-state index contributed by atoms with van der Waals surface area (Å²) in [7, 11) is 0. The molecule has 0 saturated carbocycles. The molecule has 0 atom stereocenters. The number of ether oxygens (including phenoxy) is 1. The molecule has 0 unspecified atom stereocenters. The van der Waals surface area contributed by atoms with Crippen LogP contribution in [0.3, 0.4) is 0 Å². The maximum Gasteiger partial charge on any atom is 0.340 e. The molecule has 2 aromatic heterocycles. The molecule has 28 heavy (non-hydrogen) atoms. The third-order valence-electron chi connectivity index (χ3n) is 4.50. The van der Waals surface area contributed by atoms with Gasteiger partial charge < -0.3 is 14.9 Å². The minimum Gasteiger partial charge on any atom is -0.437 e. The van der Waals surface area contributed by atoms with E-state index in [0.717, 1.165) is 10.9 Å². The molecule has 2 heterocycles. The third-order valence-corrected chi connectivity index (χ3v) is 4.50. The lowest BCUT2D eigenvalue weighted by atomic mass is 9.99. The van der Waals surface area contributed by atoms with Gasteiger partial charge in [0.15, 0.2) is 0 Å². The number of nitrogens with two attached hydrogens (primary N) is 1. The Hall–Kier alpha value is -3.74. The van der Waals surface area contributed by atoms with Gasteiger partial charge in [0.05, 0.1) is 5.69 Å². The van der Waals surface area contributed by atoms with Gasteiger partial charge in [-0.15, -0.1) is 5.10 Å². The predicted molar refractivity (Wildman–Crippen MR) is 103 cm³/mol. The molecule has 0 fully saturated rings. The van der Waals surface area contributed by atoms with Crippen LogP contribution in [0.25, 0.3) is 11.0 Å². The van der Waals surface area contributed by atoms with E-state index in [2.05, 4.69) is 10.2 Å². The molecule has 2 aromatic carbocycles. The zero-order chi connectivity index (χ0) is 19.7. The summed E-state index contributed by atoms with van der Waals surface area (Å²) in [5, 5.41) is 8.34. The van der Waals surface area contributed by atoms with E-state index in [-0.39, 0.29) is 12.1 Å². The molecule has 0 aliphatic rings. The third kappa shape index (κ3) is 3.29. The van der Waals surface area contributed by atoms with Gasteiger partial charge in [-0.2, -0.15) is 5.10 Å². The quantitative estimate of drug-likeness (QED) is 0.427. The predicted octanol–water partition coefficient (Wildman–Crippen LogP) is 4.00. The van der Waals surface area contributed by atoms with Gasteiger partial charge in [-0.05, 0) is 42.3 Å². The van der Waals surface area contributed by atoms with E-state index in [1.165, 1.54) is 6.07 Å². The fourth-order valence-corrected chi connectivity index (χ4v) is 3.03. The molecule has 0 saturated heterocycles. The summed E-state index contributed by atoms with van der Waals surface area (Å²) in [5.41, 5.74) is 6.97. The molecule has 4 rings (SSSR count). The largest absolute Gasteiger partial charge is 0.437 e. The van der Waals surface area contributed by atoms with Gasteiger partial charge in [0.1, 0.15) is 17.1 Å². The maximum absolute atomic E-state index is 14.2. The molecule has 140 valence electrons. The van der Waals surface area contributed by atoms with Crippen molar-refractivity contribution in [1.82, 2.24) is 10.2 Å². The van der Waals surface area contributed by atoms with Crippen molar-refractivity contribution in [2.45, 2.75) is 13.3 Å². The van der Waals surface area contributed by atoms with E-state index in [4.69, 9.17) is 14.9 Å². The number of anilines is 1. The molecular weight excluding hydrogens is 361 g/mol. The highest BCUT2D eigenvalue weighted by Gasteiger charge is 2.15. The second-order valence-corrected chi connectivity index (χ2v) is 6.31. The van der Waals surface area contributed by atoms with Crippen LogP contribution in [0, 0.1) is 12.7 Å². The van der Waals surface area contributed by atoms with Crippen LogP contribution < -0.4 is 16.1 Å². The molecule has 6 nitrogen and oxygen atoms in total. The zero-order valence-corrected chi connectivity index (χ0v) is 15.0. The van der Waals surface area contributed by atoms with Crippen LogP contribution in [0.2, 0.25) is 0 Å². The van der Waals surface area contributed by atoms with E-state index in [9.17, 15) is 9.18 Å². The maximum atomic E-state index is 14.2. The second kappa shape index (κ2) is 7.11. The van der Waals surface area contributed by atoms with Gasteiger partial charge in [0.25, 0.3) is 0 Å². The van der Waals surface area contributed by atoms with Gasteiger partial charge in [0, 0.05) is 35.7 Å². The minimum absolute atomic E-state index is 0.0473. The summed E-state index contributed by atoms with van der Waals surface area (Å²) < 4.78 is 25.3. The summed E-state index contributed by atoms with van der Waals surface area (Å²) in [5.74, 6) is 0.272. The summed E-state index contributed by atoms with van der Waals surface area (Å²) in [4.78, 5) is 12.5. The van der Waals surface area contributed by atoms with Crippen LogP contribution in [0.4, 0.5) is 10.1 Å². The fraction of sp³-hybridized carbons (Fsp3) is 0.0952. The first-order valence-corrected chi connectivity index (χ1v) is 8.57. The van der Waals surface area contributed by atoms with Crippen LogP contribution in [0.1, 0.15) is 16.7 Å². The van der Waals surface area contributed by atoms with Gasteiger partial charge in [-0.1, -0.05) is 12.1 Å². The zero-order valence-electron chi connectivity index (χ0n) is 15.0. The van der Waals surface area contributed by atoms with Crippen molar-refractivity contribution in [1.29, 1.82) is 0 Å². The fourth-order valence-electron chi connectivity index (χ4n) is 3.03. The average molecular weight is 377 g/mol. The molecule has 0 aliphatic heterocycles. The Bertz CT molecular complexity index is 1220. The van der Waals surface area contributed by atoms with E-state index in [1.807, 2.05) is 6.92 Å². The molecule has 0 aliphatic carbocycles. The van der Waals surface area contributed by atoms with Gasteiger partial charge in [-0.25, -0.2) is 9.18 Å². The summed E-state index contributed by atoms with van der Waals surface area (Å²) in [6, 6.07) is 13.3.